The molecule has 3 rings (SSSR count). The molecule has 0 unspecified atom stereocenters. The number of likely N-dealkylation sites (tertiary alicyclic amines) is 1. The molecule has 1 aromatic heterocycles. The van der Waals surface area contributed by atoms with Crippen LogP contribution in [0.5, 0.6) is 0 Å². The van der Waals surface area contributed by atoms with Crippen molar-refractivity contribution in [2.45, 2.75) is 19.8 Å². The van der Waals surface area contributed by atoms with E-state index in [1.54, 1.807) is 30.6 Å². The highest BCUT2D eigenvalue weighted by molar-refractivity contribution is 5.93. The van der Waals surface area contributed by atoms with E-state index in [1.807, 2.05) is 11.0 Å². The molecule has 1 fully saturated rings. The summed E-state index contributed by atoms with van der Waals surface area (Å²) in [6, 6.07) is 9.15. The Kier molecular flexibility index (Phi) is 4.71. The average molecular weight is 321 g/mol. The lowest BCUT2D eigenvalue weighted by atomic mass is 9.99. The second-order valence-corrected chi connectivity index (χ2v) is 6.09. The third-order valence-electron chi connectivity index (χ3n) is 4.22. The molecule has 0 spiro atoms. The molecular formula is C18H19N5O. The Morgan fingerprint density at radius 3 is 2.67 bits per heavy atom. The highest BCUT2D eigenvalue weighted by Gasteiger charge is 2.21. The second kappa shape index (κ2) is 7.09. The van der Waals surface area contributed by atoms with Crippen LogP contribution in [0.1, 0.15) is 35.7 Å². The van der Waals surface area contributed by atoms with Gasteiger partial charge in [-0.1, -0.05) is 13.0 Å². The number of hydrogen-bond donors (Lipinski definition) is 1. The molecule has 1 aliphatic heterocycles. The van der Waals surface area contributed by atoms with Gasteiger partial charge in [0.15, 0.2) is 0 Å². The third-order valence-corrected chi connectivity index (χ3v) is 4.22. The summed E-state index contributed by atoms with van der Waals surface area (Å²) in [5, 5.41) is 11.9. The van der Waals surface area contributed by atoms with Crippen molar-refractivity contribution in [3.8, 4) is 6.07 Å². The first kappa shape index (κ1) is 15.9. The fourth-order valence-electron chi connectivity index (χ4n) is 2.69. The van der Waals surface area contributed by atoms with Gasteiger partial charge in [-0.25, -0.2) is 9.97 Å². The minimum Gasteiger partial charge on any atom is -0.339 e. The largest absolute Gasteiger partial charge is 0.339 e. The lowest BCUT2D eigenvalue weighted by Gasteiger charge is -2.30. The first-order valence-electron chi connectivity index (χ1n) is 8.04. The number of nitrogens with zero attached hydrogens (tertiary/aromatic N) is 4. The molecule has 6 nitrogen and oxygen atoms in total. The fourth-order valence-corrected chi connectivity index (χ4v) is 2.69. The van der Waals surface area contributed by atoms with Gasteiger partial charge in [-0.2, -0.15) is 5.26 Å². The first-order chi connectivity index (χ1) is 11.7. The molecule has 24 heavy (non-hydrogen) atoms. The van der Waals surface area contributed by atoms with Crippen molar-refractivity contribution >= 4 is 17.5 Å². The molecule has 6 heteroatoms. The van der Waals surface area contributed by atoms with Crippen LogP contribution in [-0.4, -0.2) is 33.9 Å². The van der Waals surface area contributed by atoms with Gasteiger partial charge in [0, 0.05) is 31.2 Å². The summed E-state index contributed by atoms with van der Waals surface area (Å²) in [5.41, 5.74) is 1.80. The number of nitrogens with one attached hydrogen (secondary N) is 1. The van der Waals surface area contributed by atoms with Gasteiger partial charge in [0.1, 0.15) is 0 Å². The van der Waals surface area contributed by atoms with Gasteiger partial charge < -0.3 is 10.2 Å². The van der Waals surface area contributed by atoms with E-state index in [0.717, 1.165) is 31.6 Å². The quantitative estimate of drug-likeness (QED) is 0.940. The zero-order valence-corrected chi connectivity index (χ0v) is 13.6. The van der Waals surface area contributed by atoms with Crippen LogP contribution in [0.4, 0.5) is 11.6 Å². The number of amides is 1. The number of nitriles is 1. The summed E-state index contributed by atoms with van der Waals surface area (Å²) in [7, 11) is 0. The molecular weight excluding hydrogens is 302 g/mol. The molecule has 1 aromatic carbocycles. The zero-order valence-electron chi connectivity index (χ0n) is 13.6. The number of rotatable bonds is 3. The standard InChI is InChI=1S/C18H19N5O/c1-13-5-7-23(8-6-13)17(24)15-11-20-18(21-12-15)22-16-4-2-3-14(9-16)10-19/h2-4,9,11-13H,5-8H2,1H3,(H,20,21,22). The van der Waals surface area contributed by atoms with Gasteiger partial charge in [0.05, 0.1) is 17.2 Å². The fraction of sp³-hybridized carbons (Fsp3) is 0.333. The minimum absolute atomic E-state index is 0.0140. The molecule has 0 atom stereocenters. The summed E-state index contributed by atoms with van der Waals surface area (Å²) < 4.78 is 0. The lowest BCUT2D eigenvalue weighted by Crippen LogP contribution is -2.38. The molecule has 0 saturated carbocycles. The maximum atomic E-state index is 12.4. The predicted octanol–water partition coefficient (Wildman–Crippen LogP) is 2.96. The van der Waals surface area contributed by atoms with Gasteiger partial charge >= 0.3 is 0 Å². The van der Waals surface area contributed by atoms with Crippen LogP contribution >= 0.6 is 0 Å². The maximum Gasteiger partial charge on any atom is 0.256 e. The Morgan fingerprint density at radius 1 is 1.29 bits per heavy atom. The van der Waals surface area contributed by atoms with Crippen molar-refractivity contribution in [3.63, 3.8) is 0 Å². The number of hydrogen-bond acceptors (Lipinski definition) is 5. The van der Waals surface area contributed by atoms with E-state index in [1.165, 1.54) is 0 Å². The Balaban J connectivity index is 1.67. The van der Waals surface area contributed by atoms with Crippen LogP contribution in [0, 0.1) is 17.2 Å². The van der Waals surface area contributed by atoms with Gasteiger partial charge in [-0.3, -0.25) is 4.79 Å². The van der Waals surface area contributed by atoms with Crippen molar-refractivity contribution in [3.05, 3.63) is 47.8 Å². The molecule has 0 bridgehead atoms. The number of aromatic nitrogens is 2. The van der Waals surface area contributed by atoms with Crippen LogP contribution in [0.3, 0.4) is 0 Å². The minimum atomic E-state index is -0.0140. The third kappa shape index (κ3) is 3.69. The number of carbonyl (C=O) groups is 1. The van der Waals surface area contributed by atoms with Crippen molar-refractivity contribution in [2.24, 2.45) is 5.92 Å². The van der Waals surface area contributed by atoms with Crippen molar-refractivity contribution < 1.29 is 4.79 Å². The van der Waals surface area contributed by atoms with E-state index in [4.69, 9.17) is 5.26 Å². The average Bonchev–Trinajstić information content (AvgIpc) is 2.62. The van der Waals surface area contributed by atoms with Gasteiger partial charge in [0.2, 0.25) is 5.95 Å². The molecule has 2 heterocycles. The smallest absolute Gasteiger partial charge is 0.256 e. The summed E-state index contributed by atoms with van der Waals surface area (Å²) in [6.45, 7) is 3.80. The van der Waals surface area contributed by atoms with E-state index in [9.17, 15) is 4.79 Å². The number of anilines is 2. The summed E-state index contributed by atoms with van der Waals surface area (Å²) in [5.74, 6) is 1.06. The summed E-state index contributed by atoms with van der Waals surface area (Å²) >= 11 is 0. The van der Waals surface area contributed by atoms with Crippen molar-refractivity contribution in [2.75, 3.05) is 18.4 Å². The van der Waals surface area contributed by atoms with E-state index in [0.29, 0.717) is 23.0 Å². The highest BCUT2D eigenvalue weighted by atomic mass is 16.2. The maximum absolute atomic E-state index is 12.4. The Bertz CT molecular complexity index is 758. The Hall–Kier alpha value is -2.94. The van der Waals surface area contributed by atoms with Crippen LogP contribution in [0.2, 0.25) is 0 Å². The normalized spacial score (nSPS) is 14.9. The second-order valence-electron chi connectivity index (χ2n) is 6.09. The van der Waals surface area contributed by atoms with E-state index < -0.39 is 0 Å². The number of piperidine rings is 1. The van der Waals surface area contributed by atoms with E-state index in [-0.39, 0.29) is 5.91 Å². The van der Waals surface area contributed by atoms with Crippen LogP contribution < -0.4 is 5.32 Å². The molecule has 1 N–H and O–H groups in total. The van der Waals surface area contributed by atoms with Gasteiger partial charge in [0.25, 0.3) is 5.91 Å². The highest BCUT2D eigenvalue weighted by Crippen LogP contribution is 2.18. The molecule has 0 aliphatic carbocycles. The molecule has 0 radical (unpaired) electrons. The molecule has 122 valence electrons. The Morgan fingerprint density at radius 2 is 2.00 bits per heavy atom. The summed E-state index contributed by atoms with van der Waals surface area (Å²) in [6.07, 6.45) is 5.18. The van der Waals surface area contributed by atoms with Gasteiger partial charge in [-0.05, 0) is 37.0 Å². The number of benzene rings is 1. The van der Waals surface area contributed by atoms with Crippen LogP contribution in [0.25, 0.3) is 0 Å². The molecule has 2 aromatic rings. The number of carbonyl (C=O) groups excluding carboxylic acids is 1. The SMILES string of the molecule is CC1CCN(C(=O)c2cnc(Nc3cccc(C#N)c3)nc2)CC1. The van der Waals surface area contributed by atoms with E-state index in [2.05, 4.69) is 28.3 Å². The summed E-state index contributed by atoms with van der Waals surface area (Å²) in [4.78, 5) is 22.7. The van der Waals surface area contributed by atoms with Crippen LogP contribution in [-0.2, 0) is 0 Å². The first-order valence-corrected chi connectivity index (χ1v) is 8.04. The molecule has 1 aliphatic rings. The van der Waals surface area contributed by atoms with Crippen LogP contribution in [0.15, 0.2) is 36.7 Å². The monoisotopic (exact) mass is 321 g/mol. The van der Waals surface area contributed by atoms with Crippen molar-refractivity contribution in [1.82, 2.24) is 14.9 Å². The Labute approximate surface area is 141 Å². The molecule has 1 saturated heterocycles. The lowest BCUT2D eigenvalue weighted by molar-refractivity contribution is 0.0696. The zero-order chi connectivity index (χ0) is 16.9. The van der Waals surface area contributed by atoms with Gasteiger partial charge in [-0.15, -0.1) is 0 Å². The van der Waals surface area contributed by atoms with Crippen molar-refractivity contribution in [1.29, 1.82) is 5.26 Å². The topological polar surface area (TPSA) is 81.9 Å². The van der Waals surface area contributed by atoms with E-state index >= 15 is 0 Å². The molecule has 1 amide bonds. The predicted molar refractivity (Wildman–Crippen MR) is 90.8 cm³/mol.